The number of amides is 1. The van der Waals surface area contributed by atoms with E-state index in [0.29, 0.717) is 52.5 Å². The molecule has 6 heteroatoms. The van der Waals surface area contributed by atoms with E-state index in [1.165, 1.54) is 0 Å². The van der Waals surface area contributed by atoms with Gasteiger partial charge in [-0.05, 0) is 0 Å². The van der Waals surface area contributed by atoms with Gasteiger partial charge in [0.2, 0.25) is 5.91 Å². The molecule has 2 fully saturated rings. The molecule has 0 aromatic rings. The Balaban J connectivity index is 1.65. The van der Waals surface area contributed by atoms with Crippen molar-refractivity contribution in [2.45, 2.75) is 12.0 Å². The van der Waals surface area contributed by atoms with E-state index in [2.05, 4.69) is 5.32 Å². The van der Waals surface area contributed by atoms with Crippen molar-refractivity contribution in [3.63, 3.8) is 0 Å². The maximum absolute atomic E-state index is 11.8. The Hall–Kier alpha value is -0.690. The second-order valence-corrected chi connectivity index (χ2v) is 4.62. The van der Waals surface area contributed by atoms with Gasteiger partial charge in [-0.15, -0.1) is 0 Å². The highest BCUT2D eigenvalue weighted by Gasteiger charge is 2.32. The van der Waals surface area contributed by atoms with E-state index in [0.717, 1.165) is 0 Å². The summed E-state index contributed by atoms with van der Waals surface area (Å²) < 4.78 is 10.3. The third-order valence-electron chi connectivity index (χ3n) is 3.18. The minimum Gasteiger partial charge on any atom is -0.386 e. The Morgan fingerprint density at radius 2 is 2.06 bits per heavy atom. The van der Waals surface area contributed by atoms with Gasteiger partial charge in [-0.1, -0.05) is 0 Å². The van der Waals surface area contributed by atoms with Gasteiger partial charge in [-0.25, -0.2) is 0 Å². The molecule has 6 nitrogen and oxygen atoms in total. The highest BCUT2D eigenvalue weighted by molar-refractivity contribution is 5.78. The highest BCUT2D eigenvalue weighted by Crippen LogP contribution is 2.16. The Bertz CT molecular complexity index is 260. The van der Waals surface area contributed by atoms with Crippen molar-refractivity contribution in [3.8, 4) is 0 Å². The molecule has 2 heterocycles. The molecular formula is C11H20N2O4. The van der Waals surface area contributed by atoms with Crippen molar-refractivity contribution < 1.29 is 19.4 Å². The van der Waals surface area contributed by atoms with E-state index in [1.54, 1.807) is 4.90 Å². The molecule has 2 aliphatic rings. The molecule has 2 saturated heterocycles. The molecule has 2 aliphatic heterocycles. The first-order valence-corrected chi connectivity index (χ1v) is 6.06. The minimum atomic E-state index is -0.800. The SMILES string of the molecule is O=C(CNCC1(O)CCOC1)N1CCOCC1. The Kier molecular flexibility index (Phi) is 4.33. The lowest BCUT2D eigenvalue weighted by atomic mass is 10.0. The molecule has 0 spiro atoms. The molecule has 0 aromatic carbocycles. The fourth-order valence-corrected chi connectivity index (χ4v) is 2.06. The van der Waals surface area contributed by atoms with E-state index in [-0.39, 0.29) is 12.5 Å². The zero-order valence-corrected chi connectivity index (χ0v) is 9.98. The summed E-state index contributed by atoms with van der Waals surface area (Å²) in [4.78, 5) is 13.6. The Morgan fingerprint density at radius 1 is 1.29 bits per heavy atom. The molecule has 0 aromatic heterocycles. The number of nitrogens with zero attached hydrogens (tertiary/aromatic N) is 1. The Labute approximate surface area is 101 Å². The predicted octanol–water partition coefficient (Wildman–Crippen LogP) is -1.41. The maximum Gasteiger partial charge on any atom is 0.236 e. The minimum absolute atomic E-state index is 0.0656. The number of ether oxygens (including phenoxy) is 2. The van der Waals surface area contributed by atoms with Crippen LogP contribution in [0.25, 0.3) is 0 Å². The summed E-state index contributed by atoms with van der Waals surface area (Å²) in [5.41, 5.74) is -0.800. The molecule has 17 heavy (non-hydrogen) atoms. The number of carbonyl (C=O) groups excluding carboxylic acids is 1. The summed E-state index contributed by atoms with van der Waals surface area (Å²) >= 11 is 0. The highest BCUT2D eigenvalue weighted by atomic mass is 16.5. The van der Waals surface area contributed by atoms with E-state index < -0.39 is 5.60 Å². The monoisotopic (exact) mass is 244 g/mol. The van der Waals surface area contributed by atoms with Crippen LogP contribution in [-0.2, 0) is 14.3 Å². The molecule has 98 valence electrons. The molecule has 1 atom stereocenters. The first kappa shape index (κ1) is 12.8. The van der Waals surface area contributed by atoms with Crippen LogP contribution < -0.4 is 5.32 Å². The van der Waals surface area contributed by atoms with Crippen LogP contribution in [0.2, 0.25) is 0 Å². The number of hydrogen-bond donors (Lipinski definition) is 2. The van der Waals surface area contributed by atoms with E-state index in [1.807, 2.05) is 0 Å². The summed E-state index contributed by atoms with van der Waals surface area (Å²) in [6.45, 7) is 4.17. The summed E-state index contributed by atoms with van der Waals surface area (Å²) in [7, 11) is 0. The van der Waals surface area contributed by atoms with Gasteiger partial charge in [0.15, 0.2) is 0 Å². The van der Waals surface area contributed by atoms with Crippen molar-refractivity contribution >= 4 is 5.91 Å². The van der Waals surface area contributed by atoms with Crippen LogP contribution in [0.4, 0.5) is 0 Å². The van der Waals surface area contributed by atoms with Crippen LogP contribution in [-0.4, -0.2) is 74.1 Å². The number of carbonyl (C=O) groups is 1. The number of aliphatic hydroxyl groups is 1. The van der Waals surface area contributed by atoms with Gasteiger partial charge in [0, 0.05) is 32.7 Å². The smallest absolute Gasteiger partial charge is 0.236 e. The molecule has 2 rings (SSSR count). The summed E-state index contributed by atoms with van der Waals surface area (Å²) in [6.07, 6.45) is 0.631. The average Bonchev–Trinajstić information content (AvgIpc) is 2.77. The topological polar surface area (TPSA) is 71.0 Å². The van der Waals surface area contributed by atoms with Crippen molar-refractivity contribution in [2.24, 2.45) is 0 Å². The van der Waals surface area contributed by atoms with Crippen molar-refractivity contribution in [2.75, 3.05) is 52.6 Å². The molecule has 0 bridgehead atoms. The second kappa shape index (κ2) is 5.77. The molecule has 0 aliphatic carbocycles. The molecule has 1 amide bonds. The number of nitrogens with one attached hydrogen (secondary N) is 1. The van der Waals surface area contributed by atoms with Gasteiger partial charge in [-0.3, -0.25) is 4.79 Å². The maximum atomic E-state index is 11.8. The third kappa shape index (κ3) is 3.64. The van der Waals surface area contributed by atoms with Gasteiger partial charge in [0.1, 0.15) is 5.60 Å². The lowest BCUT2D eigenvalue weighted by Gasteiger charge is -2.27. The van der Waals surface area contributed by atoms with Crippen LogP contribution >= 0.6 is 0 Å². The normalized spacial score (nSPS) is 29.6. The fraction of sp³-hybridized carbons (Fsp3) is 0.909. The van der Waals surface area contributed by atoms with Gasteiger partial charge < -0.3 is 24.8 Å². The fourth-order valence-electron chi connectivity index (χ4n) is 2.06. The van der Waals surface area contributed by atoms with Crippen molar-refractivity contribution in [3.05, 3.63) is 0 Å². The number of morpholine rings is 1. The van der Waals surface area contributed by atoms with Gasteiger partial charge in [-0.2, -0.15) is 0 Å². The number of rotatable bonds is 4. The summed E-state index contributed by atoms with van der Waals surface area (Å²) in [6, 6.07) is 0. The molecule has 0 radical (unpaired) electrons. The standard InChI is InChI=1S/C11H20N2O4/c14-10(13-2-5-16-6-3-13)7-12-8-11(15)1-4-17-9-11/h12,15H,1-9H2. The lowest BCUT2D eigenvalue weighted by Crippen LogP contribution is -2.48. The van der Waals surface area contributed by atoms with E-state index in [4.69, 9.17) is 9.47 Å². The molecule has 0 saturated carbocycles. The van der Waals surface area contributed by atoms with Crippen LogP contribution in [0.3, 0.4) is 0 Å². The van der Waals surface area contributed by atoms with Crippen molar-refractivity contribution in [1.82, 2.24) is 10.2 Å². The van der Waals surface area contributed by atoms with Gasteiger partial charge in [0.05, 0.1) is 26.4 Å². The zero-order valence-electron chi connectivity index (χ0n) is 9.98. The van der Waals surface area contributed by atoms with Crippen LogP contribution in [0.5, 0.6) is 0 Å². The van der Waals surface area contributed by atoms with Gasteiger partial charge >= 0.3 is 0 Å². The average molecular weight is 244 g/mol. The second-order valence-electron chi connectivity index (χ2n) is 4.62. The first-order chi connectivity index (χ1) is 8.20. The third-order valence-corrected chi connectivity index (χ3v) is 3.18. The molecule has 2 N–H and O–H groups in total. The molecular weight excluding hydrogens is 224 g/mol. The molecule has 1 unspecified atom stereocenters. The first-order valence-electron chi connectivity index (χ1n) is 6.06. The predicted molar refractivity (Wildman–Crippen MR) is 60.7 cm³/mol. The lowest BCUT2D eigenvalue weighted by molar-refractivity contribution is -0.134. The quantitative estimate of drug-likeness (QED) is 0.635. The van der Waals surface area contributed by atoms with Crippen LogP contribution in [0, 0.1) is 0 Å². The number of hydrogen-bond acceptors (Lipinski definition) is 5. The van der Waals surface area contributed by atoms with E-state index >= 15 is 0 Å². The van der Waals surface area contributed by atoms with Crippen molar-refractivity contribution in [1.29, 1.82) is 0 Å². The largest absolute Gasteiger partial charge is 0.386 e. The van der Waals surface area contributed by atoms with Gasteiger partial charge in [0.25, 0.3) is 0 Å². The van der Waals surface area contributed by atoms with Crippen LogP contribution in [0.1, 0.15) is 6.42 Å². The van der Waals surface area contributed by atoms with E-state index in [9.17, 15) is 9.90 Å². The Morgan fingerprint density at radius 3 is 2.71 bits per heavy atom. The van der Waals surface area contributed by atoms with Crippen LogP contribution in [0.15, 0.2) is 0 Å². The zero-order chi connectivity index (χ0) is 12.1. The summed E-state index contributed by atoms with van der Waals surface area (Å²) in [5, 5.41) is 13.0. The summed E-state index contributed by atoms with van der Waals surface area (Å²) in [5.74, 6) is 0.0656.